The number of piperazine rings is 1. The van der Waals surface area contributed by atoms with Gasteiger partial charge in [0.15, 0.2) is 0 Å². The highest BCUT2D eigenvalue weighted by atomic mass is 16.5. The summed E-state index contributed by atoms with van der Waals surface area (Å²) >= 11 is 0. The quantitative estimate of drug-likeness (QED) is 0.648. The van der Waals surface area contributed by atoms with E-state index in [-0.39, 0.29) is 18.1 Å². The minimum absolute atomic E-state index is 0.0588. The van der Waals surface area contributed by atoms with Crippen LogP contribution in [0.15, 0.2) is 48.9 Å². The van der Waals surface area contributed by atoms with Gasteiger partial charge in [0, 0.05) is 63.4 Å². The lowest BCUT2D eigenvalue weighted by atomic mass is 10.2. The van der Waals surface area contributed by atoms with Crippen LogP contribution in [0.2, 0.25) is 0 Å². The SMILES string of the molecule is C[C@@H]1CN(C(=O)c2ccc3ccc(N4CCN(c5ncccn5)CC4)n3c2)C[C@H](C)O1. The molecule has 5 heterocycles. The lowest BCUT2D eigenvalue weighted by Gasteiger charge is -2.36. The first-order valence-electron chi connectivity index (χ1n) is 10.9. The van der Waals surface area contributed by atoms with Gasteiger partial charge in [0.05, 0.1) is 17.8 Å². The Kier molecular flexibility index (Phi) is 5.23. The second kappa shape index (κ2) is 8.19. The number of rotatable bonds is 3. The van der Waals surface area contributed by atoms with Crippen molar-refractivity contribution in [1.29, 1.82) is 0 Å². The molecule has 1 amide bonds. The molecule has 2 fully saturated rings. The van der Waals surface area contributed by atoms with Crippen molar-refractivity contribution in [3.05, 3.63) is 54.5 Å². The summed E-state index contributed by atoms with van der Waals surface area (Å²) in [5, 5.41) is 0. The van der Waals surface area contributed by atoms with Gasteiger partial charge in [0.2, 0.25) is 5.95 Å². The fourth-order valence-electron chi connectivity index (χ4n) is 4.59. The van der Waals surface area contributed by atoms with Crippen LogP contribution in [0.25, 0.3) is 5.52 Å². The molecule has 31 heavy (non-hydrogen) atoms. The Labute approximate surface area is 182 Å². The normalized spacial score (nSPS) is 22.2. The van der Waals surface area contributed by atoms with Crippen LogP contribution in [-0.4, -0.2) is 76.7 Å². The van der Waals surface area contributed by atoms with Crippen molar-refractivity contribution in [3.63, 3.8) is 0 Å². The van der Waals surface area contributed by atoms with E-state index in [0.29, 0.717) is 18.7 Å². The number of hydrogen-bond donors (Lipinski definition) is 0. The van der Waals surface area contributed by atoms with Crippen molar-refractivity contribution >= 4 is 23.2 Å². The maximum Gasteiger partial charge on any atom is 0.255 e. The molecular formula is C23H28N6O2. The fraction of sp³-hybridized carbons (Fsp3) is 0.435. The molecule has 162 valence electrons. The van der Waals surface area contributed by atoms with Crippen molar-refractivity contribution in [2.45, 2.75) is 26.1 Å². The van der Waals surface area contributed by atoms with Crippen LogP contribution in [0.5, 0.6) is 0 Å². The Balaban J connectivity index is 1.34. The van der Waals surface area contributed by atoms with E-state index >= 15 is 0 Å². The summed E-state index contributed by atoms with van der Waals surface area (Å²) in [7, 11) is 0. The highest BCUT2D eigenvalue weighted by Crippen LogP contribution is 2.23. The third-order valence-electron chi connectivity index (χ3n) is 6.02. The average molecular weight is 421 g/mol. The zero-order valence-electron chi connectivity index (χ0n) is 18.0. The Morgan fingerprint density at radius 2 is 1.58 bits per heavy atom. The molecule has 0 saturated carbocycles. The van der Waals surface area contributed by atoms with E-state index in [1.54, 1.807) is 12.4 Å². The minimum Gasteiger partial charge on any atom is -0.372 e. The molecule has 0 spiro atoms. The molecule has 0 radical (unpaired) electrons. The van der Waals surface area contributed by atoms with Crippen LogP contribution in [0.4, 0.5) is 11.8 Å². The first-order chi connectivity index (χ1) is 15.1. The van der Waals surface area contributed by atoms with Gasteiger partial charge < -0.3 is 23.8 Å². The first kappa shape index (κ1) is 19.8. The Morgan fingerprint density at radius 3 is 2.29 bits per heavy atom. The number of carbonyl (C=O) groups is 1. The van der Waals surface area contributed by atoms with Crippen molar-refractivity contribution in [3.8, 4) is 0 Å². The molecule has 0 bridgehead atoms. The Morgan fingerprint density at radius 1 is 0.935 bits per heavy atom. The number of hydrogen-bond acceptors (Lipinski definition) is 6. The monoisotopic (exact) mass is 420 g/mol. The number of ether oxygens (including phenoxy) is 1. The van der Waals surface area contributed by atoms with Gasteiger partial charge in [-0.25, -0.2) is 9.97 Å². The maximum atomic E-state index is 13.2. The van der Waals surface area contributed by atoms with E-state index < -0.39 is 0 Å². The summed E-state index contributed by atoms with van der Waals surface area (Å²) in [5.74, 6) is 1.96. The molecule has 2 saturated heterocycles. The molecule has 8 heteroatoms. The lowest BCUT2D eigenvalue weighted by Crippen LogP contribution is -2.48. The number of anilines is 2. The number of carbonyl (C=O) groups excluding carboxylic acids is 1. The van der Waals surface area contributed by atoms with Gasteiger partial charge in [-0.3, -0.25) is 4.79 Å². The van der Waals surface area contributed by atoms with E-state index in [9.17, 15) is 4.79 Å². The highest BCUT2D eigenvalue weighted by molar-refractivity contribution is 5.94. The lowest BCUT2D eigenvalue weighted by molar-refractivity contribution is -0.0586. The molecule has 3 aromatic heterocycles. The van der Waals surface area contributed by atoms with Crippen molar-refractivity contribution < 1.29 is 9.53 Å². The predicted octanol–water partition coefficient (Wildman–Crippen LogP) is 2.31. The molecular weight excluding hydrogens is 392 g/mol. The number of pyridine rings is 1. The van der Waals surface area contributed by atoms with Gasteiger partial charge in [0.1, 0.15) is 5.82 Å². The van der Waals surface area contributed by atoms with Crippen LogP contribution in [0, 0.1) is 0 Å². The summed E-state index contributed by atoms with van der Waals surface area (Å²) in [4.78, 5) is 28.4. The van der Waals surface area contributed by atoms with Crippen LogP contribution >= 0.6 is 0 Å². The van der Waals surface area contributed by atoms with E-state index in [1.165, 1.54) is 0 Å². The number of nitrogens with zero attached hydrogens (tertiary/aromatic N) is 6. The van der Waals surface area contributed by atoms with E-state index in [0.717, 1.165) is 43.5 Å². The predicted molar refractivity (Wildman–Crippen MR) is 120 cm³/mol. The topological polar surface area (TPSA) is 66.2 Å². The Bertz CT molecular complexity index is 1050. The molecule has 3 aromatic rings. The largest absolute Gasteiger partial charge is 0.372 e. The molecule has 0 unspecified atom stereocenters. The third kappa shape index (κ3) is 3.95. The highest BCUT2D eigenvalue weighted by Gasteiger charge is 2.27. The fourth-order valence-corrected chi connectivity index (χ4v) is 4.59. The van der Waals surface area contributed by atoms with Gasteiger partial charge in [-0.15, -0.1) is 0 Å². The summed E-state index contributed by atoms with van der Waals surface area (Å²) in [6.07, 6.45) is 5.66. The maximum absolute atomic E-state index is 13.2. The number of aromatic nitrogens is 3. The van der Waals surface area contributed by atoms with Crippen molar-refractivity contribution in [2.24, 2.45) is 0 Å². The summed E-state index contributed by atoms with van der Waals surface area (Å²) in [6.45, 7) is 8.76. The van der Waals surface area contributed by atoms with Gasteiger partial charge in [-0.1, -0.05) is 0 Å². The molecule has 5 rings (SSSR count). The molecule has 0 aromatic carbocycles. The molecule has 0 N–H and O–H groups in total. The summed E-state index contributed by atoms with van der Waals surface area (Å²) < 4.78 is 7.91. The number of amides is 1. The van der Waals surface area contributed by atoms with Gasteiger partial charge in [-0.2, -0.15) is 0 Å². The number of morpholine rings is 1. The second-order valence-electron chi connectivity index (χ2n) is 8.39. The Hall–Kier alpha value is -3.13. The second-order valence-corrected chi connectivity index (χ2v) is 8.39. The molecule has 2 aliphatic rings. The summed E-state index contributed by atoms with van der Waals surface area (Å²) in [6, 6.07) is 10.0. The van der Waals surface area contributed by atoms with Crippen molar-refractivity contribution in [2.75, 3.05) is 49.1 Å². The van der Waals surface area contributed by atoms with Gasteiger partial charge in [-0.05, 0) is 44.2 Å². The average Bonchev–Trinajstić information content (AvgIpc) is 3.22. The smallest absolute Gasteiger partial charge is 0.255 e. The zero-order chi connectivity index (χ0) is 21.4. The van der Waals surface area contributed by atoms with Gasteiger partial charge >= 0.3 is 0 Å². The first-order valence-corrected chi connectivity index (χ1v) is 10.9. The van der Waals surface area contributed by atoms with E-state index in [1.807, 2.05) is 43.1 Å². The molecule has 0 aliphatic carbocycles. The zero-order valence-corrected chi connectivity index (χ0v) is 18.0. The van der Waals surface area contributed by atoms with Crippen LogP contribution in [-0.2, 0) is 4.74 Å². The number of fused-ring (bicyclic) bond motifs is 1. The standard InChI is InChI=1S/C23H28N6O2/c1-17-14-28(15-18(2)31-17)22(30)19-4-5-20-6-7-21(29(20)16-19)26-10-12-27(13-11-26)23-24-8-3-9-25-23/h3-9,16-18H,10-15H2,1-2H3/t17-,18+. The third-order valence-corrected chi connectivity index (χ3v) is 6.02. The van der Waals surface area contributed by atoms with Crippen LogP contribution in [0.1, 0.15) is 24.2 Å². The van der Waals surface area contributed by atoms with Crippen LogP contribution in [0.3, 0.4) is 0 Å². The molecule has 2 atom stereocenters. The van der Waals surface area contributed by atoms with Gasteiger partial charge in [0.25, 0.3) is 5.91 Å². The van der Waals surface area contributed by atoms with Crippen molar-refractivity contribution in [1.82, 2.24) is 19.3 Å². The summed E-state index contributed by atoms with van der Waals surface area (Å²) in [5.41, 5.74) is 1.80. The minimum atomic E-state index is 0.0588. The molecule has 8 nitrogen and oxygen atoms in total. The molecule has 2 aliphatic heterocycles. The van der Waals surface area contributed by atoms with Crippen LogP contribution < -0.4 is 9.80 Å². The van der Waals surface area contributed by atoms with E-state index in [2.05, 4.69) is 36.3 Å². The van der Waals surface area contributed by atoms with E-state index in [4.69, 9.17) is 4.74 Å².